The van der Waals surface area contributed by atoms with Crippen LogP contribution in [0.4, 0.5) is 0 Å². The first-order valence-electron chi connectivity index (χ1n) is 6.58. The molecule has 0 saturated heterocycles. The number of carboxylic acids is 1. The number of aryl methyl sites for hydroxylation is 1. The Balaban J connectivity index is 1.82. The van der Waals surface area contributed by atoms with Crippen molar-refractivity contribution in [2.45, 2.75) is 13.5 Å². The molecule has 0 fully saturated rings. The highest BCUT2D eigenvalue weighted by molar-refractivity contribution is 5.93. The van der Waals surface area contributed by atoms with Gasteiger partial charge < -0.3 is 14.3 Å². The van der Waals surface area contributed by atoms with Gasteiger partial charge in [-0.05, 0) is 42.8 Å². The summed E-state index contributed by atoms with van der Waals surface area (Å²) in [6, 6.07) is 14.3. The molecular weight excluding hydrogens is 268 g/mol. The number of rotatable bonds is 4. The normalized spacial score (nSPS) is 10.7. The minimum absolute atomic E-state index is 0.245. The van der Waals surface area contributed by atoms with Crippen molar-refractivity contribution < 1.29 is 19.1 Å². The topological polar surface area (TPSA) is 59.7 Å². The number of para-hydroxylation sites is 1. The van der Waals surface area contributed by atoms with E-state index >= 15 is 0 Å². The average Bonchev–Trinajstić information content (AvgIpc) is 2.88. The first-order chi connectivity index (χ1) is 10.1. The van der Waals surface area contributed by atoms with Crippen molar-refractivity contribution in [3.8, 4) is 5.75 Å². The molecule has 3 aromatic rings. The van der Waals surface area contributed by atoms with E-state index in [1.54, 1.807) is 18.2 Å². The van der Waals surface area contributed by atoms with Gasteiger partial charge in [0, 0.05) is 5.39 Å². The fourth-order valence-corrected chi connectivity index (χ4v) is 2.17. The lowest BCUT2D eigenvalue weighted by Crippen LogP contribution is -1.95. The van der Waals surface area contributed by atoms with Crippen LogP contribution < -0.4 is 4.74 Å². The molecular formula is C17H14O4. The summed E-state index contributed by atoms with van der Waals surface area (Å²) in [5, 5.41) is 9.74. The molecule has 0 radical (unpaired) electrons. The number of ether oxygens (including phenoxy) is 1. The van der Waals surface area contributed by atoms with Crippen LogP contribution in [0.3, 0.4) is 0 Å². The maximum Gasteiger partial charge on any atom is 0.335 e. The lowest BCUT2D eigenvalue weighted by molar-refractivity contribution is 0.0697. The third-order valence-electron chi connectivity index (χ3n) is 3.28. The molecule has 3 rings (SSSR count). The number of hydrogen-bond acceptors (Lipinski definition) is 3. The third kappa shape index (κ3) is 2.74. The van der Waals surface area contributed by atoms with Crippen molar-refractivity contribution in [2.24, 2.45) is 0 Å². The Morgan fingerprint density at radius 3 is 2.76 bits per heavy atom. The summed E-state index contributed by atoms with van der Waals surface area (Å²) >= 11 is 0. The molecule has 0 aliphatic rings. The second kappa shape index (κ2) is 5.32. The third-order valence-corrected chi connectivity index (χ3v) is 3.28. The summed E-state index contributed by atoms with van der Waals surface area (Å²) in [5.74, 6) is 0.524. The minimum Gasteiger partial charge on any atom is -0.485 e. The maximum atomic E-state index is 10.9. The van der Waals surface area contributed by atoms with Crippen LogP contribution in [0.5, 0.6) is 5.75 Å². The Labute approximate surface area is 121 Å². The van der Waals surface area contributed by atoms with Gasteiger partial charge in [0.2, 0.25) is 0 Å². The molecule has 0 bridgehead atoms. The number of carbonyl (C=O) groups is 1. The van der Waals surface area contributed by atoms with Crippen molar-refractivity contribution >= 4 is 16.9 Å². The van der Waals surface area contributed by atoms with Crippen LogP contribution in [-0.4, -0.2) is 11.1 Å². The molecule has 1 heterocycles. The van der Waals surface area contributed by atoms with Gasteiger partial charge in [0.15, 0.2) is 0 Å². The van der Waals surface area contributed by atoms with Gasteiger partial charge in [-0.2, -0.15) is 0 Å². The zero-order valence-electron chi connectivity index (χ0n) is 11.5. The van der Waals surface area contributed by atoms with Crippen LogP contribution >= 0.6 is 0 Å². The summed E-state index contributed by atoms with van der Waals surface area (Å²) < 4.78 is 11.4. The summed E-state index contributed by atoms with van der Waals surface area (Å²) in [5.41, 5.74) is 1.96. The van der Waals surface area contributed by atoms with E-state index in [0.717, 1.165) is 16.7 Å². The summed E-state index contributed by atoms with van der Waals surface area (Å²) in [6.45, 7) is 2.29. The van der Waals surface area contributed by atoms with Crippen molar-refractivity contribution in [3.63, 3.8) is 0 Å². The quantitative estimate of drug-likeness (QED) is 0.785. The van der Waals surface area contributed by atoms with E-state index in [9.17, 15) is 4.79 Å². The van der Waals surface area contributed by atoms with E-state index in [0.29, 0.717) is 18.0 Å². The maximum absolute atomic E-state index is 10.9. The van der Waals surface area contributed by atoms with Gasteiger partial charge in [-0.3, -0.25) is 0 Å². The number of hydrogen-bond donors (Lipinski definition) is 1. The molecule has 2 aromatic carbocycles. The Bertz CT molecular complexity index is 801. The zero-order chi connectivity index (χ0) is 14.8. The van der Waals surface area contributed by atoms with Crippen molar-refractivity contribution in [1.82, 2.24) is 0 Å². The number of benzene rings is 2. The molecule has 106 valence electrons. The summed E-state index contributed by atoms with van der Waals surface area (Å²) in [7, 11) is 0. The Hall–Kier alpha value is -2.75. The molecule has 1 N–H and O–H groups in total. The van der Waals surface area contributed by atoms with Crippen LogP contribution in [0.15, 0.2) is 52.9 Å². The van der Waals surface area contributed by atoms with Gasteiger partial charge in [0.1, 0.15) is 23.7 Å². The van der Waals surface area contributed by atoms with Gasteiger partial charge in [0.05, 0.1) is 5.56 Å². The Morgan fingerprint density at radius 2 is 2.00 bits per heavy atom. The van der Waals surface area contributed by atoms with Crippen LogP contribution in [0.25, 0.3) is 11.0 Å². The number of furan rings is 1. The van der Waals surface area contributed by atoms with E-state index in [-0.39, 0.29) is 5.56 Å². The molecule has 1 aromatic heterocycles. The van der Waals surface area contributed by atoms with E-state index in [2.05, 4.69) is 0 Å². The fraction of sp³-hybridized carbons (Fsp3) is 0.118. The zero-order valence-corrected chi connectivity index (χ0v) is 11.5. The molecule has 0 spiro atoms. The standard InChI is InChI=1S/C17H14O4/c1-11-4-2-3-5-15(11)20-10-14-9-13-8-12(17(18)19)6-7-16(13)21-14/h2-9H,10H2,1H3,(H,18,19). The number of carboxylic acid groups (broad SMARTS) is 1. The monoisotopic (exact) mass is 282 g/mol. The van der Waals surface area contributed by atoms with Gasteiger partial charge in [-0.1, -0.05) is 18.2 Å². The van der Waals surface area contributed by atoms with Crippen LogP contribution in [0, 0.1) is 6.92 Å². The molecule has 0 saturated carbocycles. The SMILES string of the molecule is Cc1ccccc1OCc1cc2cc(C(=O)O)ccc2o1. The molecule has 21 heavy (non-hydrogen) atoms. The molecule has 0 aliphatic heterocycles. The molecule has 0 atom stereocenters. The molecule has 0 unspecified atom stereocenters. The molecule has 0 amide bonds. The van der Waals surface area contributed by atoms with E-state index in [1.165, 1.54) is 6.07 Å². The first-order valence-corrected chi connectivity index (χ1v) is 6.58. The lowest BCUT2D eigenvalue weighted by atomic mass is 10.1. The van der Waals surface area contributed by atoms with Crippen LogP contribution in [-0.2, 0) is 6.61 Å². The fourth-order valence-electron chi connectivity index (χ4n) is 2.17. The van der Waals surface area contributed by atoms with Gasteiger partial charge in [0.25, 0.3) is 0 Å². The van der Waals surface area contributed by atoms with Crippen LogP contribution in [0.2, 0.25) is 0 Å². The summed E-state index contributed by atoms with van der Waals surface area (Å²) in [6.07, 6.45) is 0. The van der Waals surface area contributed by atoms with Crippen molar-refractivity contribution in [3.05, 3.63) is 65.4 Å². The van der Waals surface area contributed by atoms with Gasteiger partial charge >= 0.3 is 5.97 Å². The smallest absolute Gasteiger partial charge is 0.335 e. The summed E-state index contributed by atoms with van der Waals surface area (Å²) in [4.78, 5) is 10.9. The lowest BCUT2D eigenvalue weighted by Gasteiger charge is -2.06. The predicted molar refractivity (Wildman–Crippen MR) is 78.7 cm³/mol. The second-order valence-corrected chi connectivity index (χ2v) is 4.82. The molecule has 4 heteroatoms. The number of fused-ring (bicyclic) bond motifs is 1. The second-order valence-electron chi connectivity index (χ2n) is 4.82. The highest BCUT2D eigenvalue weighted by Gasteiger charge is 2.09. The largest absolute Gasteiger partial charge is 0.485 e. The molecule has 0 aliphatic carbocycles. The number of aromatic carboxylic acids is 1. The predicted octanol–water partition coefficient (Wildman–Crippen LogP) is 4.02. The van der Waals surface area contributed by atoms with E-state index in [4.69, 9.17) is 14.3 Å². The Kier molecular flexibility index (Phi) is 3.36. The van der Waals surface area contributed by atoms with E-state index < -0.39 is 5.97 Å². The molecule has 4 nitrogen and oxygen atoms in total. The highest BCUT2D eigenvalue weighted by atomic mass is 16.5. The first kappa shape index (κ1) is 13.2. The van der Waals surface area contributed by atoms with Gasteiger partial charge in [-0.15, -0.1) is 0 Å². The minimum atomic E-state index is -0.948. The van der Waals surface area contributed by atoms with Crippen molar-refractivity contribution in [1.29, 1.82) is 0 Å². The average molecular weight is 282 g/mol. The highest BCUT2D eigenvalue weighted by Crippen LogP contribution is 2.23. The van der Waals surface area contributed by atoms with Gasteiger partial charge in [-0.25, -0.2) is 4.79 Å². The Morgan fingerprint density at radius 1 is 1.19 bits per heavy atom. The van der Waals surface area contributed by atoms with Crippen LogP contribution in [0.1, 0.15) is 21.7 Å². The van der Waals surface area contributed by atoms with Crippen molar-refractivity contribution in [2.75, 3.05) is 0 Å². The van der Waals surface area contributed by atoms with E-state index in [1.807, 2.05) is 31.2 Å².